The first kappa shape index (κ1) is 21.4. The van der Waals surface area contributed by atoms with Gasteiger partial charge in [0.1, 0.15) is 0 Å². The summed E-state index contributed by atoms with van der Waals surface area (Å²) < 4.78 is 11.6. The van der Waals surface area contributed by atoms with Crippen LogP contribution in [-0.4, -0.2) is 47.9 Å². The fourth-order valence-electron chi connectivity index (χ4n) is 3.65. The maximum absolute atomic E-state index is 4.41. The van der Waals surface area contributed by atoms with Gasteiger partial charge in [-0.1, -0.05) is 0 Å². The summed E-state index contributed by atoms with van der Waals surface area (Å²) in [6, 6.07) is 21.0. The molecule has 0 saturated carbocycles. The molecular formula is C24H26N4Se2. The zero-order valence-electron chi connectivity index (χ0n) is 17.0. The average molecular weight is 528 g/mol. The number of unbranched alkanes of at least 4 members (excludes halogenated alkanes) is 5. The Morgan fingerprint density at radius 3 is 1.33 bits per heavy atom. The third kappa shape index (κ3) is 5.86. The SMILES string of the molecule is c1ccc(-c2nn[se]c2CCCCCCCCc2[se]nnc2-c2ccccc2)cc1. The van der Waals surface area contributed by atoms with Crippen LogP contribution >= 0.6 is 0 Å². The Morgan fingerprint density at radius 1 is 0.500 bits per heavy atom. The first-order chi connectivity index (χ1) is 14.9. The monoisotopic (exact) mass is 530 g/mol. The van der Waals surface area contributed by atoms with E-state index in [4.69, 9.17) is 0 Å². The van der Waals surface area contributed by atoms with E-state index in [0.717, 1.165) is 24.2 Å². The predicted octanol–water partition coefficient (Wildman–Crippen LogP) is 4.84. The molecule has 0 unspecified atom stereocenters. The van der Waals surface area contributed by atoms with Gasteiger partial charge in [-0.25, -0.2) is 0 Å². The summed E-state index contributed by atoms with van der Waals surface area (Å²) in [4.78, 5) is 0. The van der Waals surface area contributed by atoms with Gasteiger partial charge in [-0.2, -0.15) is 0 Å². The van der Waals surface area contributed by atoms with Crippen LogP contribution in [0.2, 0.25) is 0 Å². The van der Waals surface area contributed by atoms with Crippen molar-refractivity contribution in [3.8, 4) is 22.5 Å². The molecule has 0 bridgehead atoms. The van der Waals surface area contributed by atoms with Crippen molar-refractivity contribution in [2.24, 2.45) is 0 Å². The summed E-state index contributed by atoms with van der Waals surface area (Å²) in [7, 11) is 0. The minimum atomic E-state index is 0.203. The molecule has 6 heteroatoms. The van der Waals surface area contributed by atoms with Crippen molar-refractivity contribution in [1.82, 2.24) is 18.4 Å². The predicted molar refractivity (Wildman–Crippen MR) is 124 cm³/mol. The van der Waals surface area contributed by atoms with Crippen molar-refractivity contribution >= 4 is 29.5 Å². The molecule has 30 heavy (non-hydrogen) atoms. The normalized spacial score (nSPS) is 11.1. The number of aromatic nitrogens is 4. The molecule has 0 aliphatic carbocycles. The van der Waals surface area contributed by atoms with Crippen molar-refractivity contribution in [2.45, 2.75) is 51.4 Å². The van der Waals surface area contributed by atoms with Crippen molar-refractivity contribution in [3.05, 3.63) is 69.5 Å². The van der Waals surface area contributed by atoms with Crippen LogP contribution in [0.5, 0.6) is 0 Å². The average Bonchev–Trinajstić information content (AvgIpc) is 3.46. The number of aryl methyl sites for hydroxylation is 2. The molecule has 0 spiro atoms. The van der Waals surface area contributed by atoms with Crippen LogP contribution in [0.1, 0.15) is 47.4 Å². The Balaban J connectivity index is 1.14. The zero-order chi connectivity index (χ0) is 20.4. The Kier molecular flexibility index (Phi) is 8.22. The molecule has 0 radical (unpaired) electrons. The second-order valence-corrected chi connectivity index (χ2v) is 11.0. The van der Waals surface area contributed by atoms with Crippen LogP contribution in [-0.2, 0) is 12.8 Å². The van der Waals surface area contributed by atoms with E-state index in [1.54, 1.807) is 0 Å². The number of nitrogens with zero attached hydrogens (tertiary/aromatic N) is 4. The van der Waals surface area contributed by atoms with E-state index in [1.165, 1.54) is 58.5 Å². The molecule has 4 nitrogen and oxygen atoms in total. The van der Waals surface area contributed by atoms with Crippen molar-refractivity contribution in [2.75, 3.05) is 0 Å². The van der Waals surface area contributed by atoms with E-state index in [1.807, 2.05) is 0 Å². The second kappa shape index (κ2) is 11.5. The third-order valence-electron chi connectivity index (χ3n) is 5.26. The number of rotatable bonds is 11. The molecule has 0 saturated heterocycles. The molecule has 0 amide bonds. The van der Waals surface area contributed by atoms with Gasteiger partial charge >= 0.3 is 191 Å². The maximum atomic E-state index is 4.41. The molecule has 0 aliphatic rings. The molecule has 4 rings (SSSR count). The van der Waals surface area contributed by atoms with Crippen LogP contribution in [0.3, 0.4) is 0 Å². The summed E-state index contributed by atoms with van der Waals surface area (Å²) in [5.74, 6) is 0. The van der Waals surface area contributed by atoms with Gasteiger partial charge in [0, 0.05) is 0 Å². The zero-order valence-corrected chi connectivity index (χ0v) is 20.5. The van der Waals surface area contributed by atoms with Crippen molar-refractivity contribution in [1.29, 1.82) is 0 Å². The van der Waals surface area contributed by atoms with E-state index in [-0.39, 0.29) is 29.5 Å². The number of hydrogen-bond donors (Lipinski definition) is 0. The van der Waals surface area contributed by atoms with E-state index in [9.17, 15) is 0 Å². The molecule has 154 valence electrons. The molecule has 2 heterocycles. The first-order valence-electron chi connectivity index (χ1n) is 10.6. The fourth-order valence-corrected chi connectivity index (χ4v) is 6.60. The third-order valence-corrected chi connectivity index (χ3v) is 8.54. The van der Waals surface area contributed by atoms with E-state index in [0.29, 0.717) is 0 Å². The standard InChI is InChI=1S/C24H26N4Se2/c1(3-11-17-21-23(25-27-29-21)19-13-7-5-8-14-19)2-4-12-18-22-24(26-28-30-22)20-15-9-6-10-16-20/h5-10,13-16H,1-4,11-12,17-18H2. The topological polar surface area (TPSA) is 51.6 Å². The number of hydrogen-bond acceptors (Lipinski definition) is 4. The molecule has 2 aromatic carbocycles. The molecule has 4 aromatic rings. The summed E-state index contributed by atoms with van der Waals surface area (Å²) in [5, 5.41) is 8.81. The summed E-state index contributed by atoms with van der Waals surface area (Å²) in [5.41, 5.74) is 4.69. The Morgan fingerprint density at radius 2 is 0.900 bits per heavy atom. The molecule has 0 atom stereocenters. The van der Waals surface area contributed by atoms with Crippen molar-refractivity contribution in [3.63, 3.8) is 0 Å². The van der Waals surface area contributed by atoms with Gasteiger partial charge in [0.25, 0.3) is 0 Å². The molecule has 0 fully saturated rings. The van der Waals surface area contributed by atoms with Gasteiger partial charge in [-0.3, -0.25) is 0 Å². The molecule has 0 aliphatic heterocycles. The molecule has 2 aromatic heterocycles. The van der Waals surface area contributed by atoms with Gasteiger partial charge in [0.2, 0.25) is 0 Å². The summed E-state index contributed by atoms with van der Waals surface area (Å²) in [6.07, 6.45) is 10.0. The van der Waals surface area contributed by atoms with Gasteiger partial charge in [-0.15, -0.1) is 0 Å². The Bertz CT molecular complexity index is 928. The fraction of sp³-hybridized carbons (Fsp3) is 0.333. The van der Waals surface area contributed by atoms with Gasteiger partial charge in [0.05, 0.1) is 0 Å². The van der Waals surface area contributed by atoms with E-state index in [2.05, 4.69) is 79.0 Å². The van der Waals surface area contributed by atoms with Gasteiger partial charge < -0.3 is 0 Å². The molecular weight excluding hydrogens is 502 g/mol. The minimum absolute atomic E-state index is 0.203. The van der Waals surface area contributed by atoms with Crippen molar-refractivity contribution < 1.29 is 0 Å². The van der Waals surface area contributed by atoms with Crippen LogP contribution in [0.4, 0.5) is 0 Å². The number of benzene rings is 2. The summed E-state index contributed by atoms with van der Waals surface area (Å²) in [6.45, 7) is 0. The quantitative estimate of drug-likeness (QED) is 0.207. The van der Waals surface area contributed by atoms with Gasteiger partial charge in [0.15, 0.2) is 0 Å². The Hall–Kier alpha value is -1.84. The first-order valence-corrected chi connectivity index (χ1v) is 13.9. The van der Waals surface area contributed by atoms with Gasteiger partial charge in [-0.05, 0) is 0 Å². The van der Waals surface area contributed by atoms with Crippen LogP contribution in [0.25, 0.3) is 22.5 Å². The Labute approximate surface area is 190 Å². The van der Waals surface area contributed by atoms with E-state index >= 15 is 0 Å². The summed E-state index contributed by atoms with van der Waals surface area (Å²) >= 11 is 0.406. The van der Waals surface area contributed by atoms with Crippen LogP contribution in [0.15, 0.2) is 60.7 Å². The van der Waals surface area contributed by atoms with Crippen LogP contribution < -0.4 is 0 Å². The van der Waals surface area contributed by atoms with E-state index < -0.39 is 0 Å². The molecule has 0 N–H and O–H groups in total. The van der Waals surface area contributed by atoms with Crippen LogP contribution in [0, 0.1) is 0 Å². The second-order valence-electron chi connectivity index (χ2n) is 7.44.